The monoisotopic (exact) mass is 358 g/mol. The van der Waals surface area contributed by atoms with Crippen LogP contribution in [0.1, 0.15) is 50.0 Å². The molecule has 1 aromatic heterocycles. The summed E-state index contributed by atoms with van der Waals surface area (Å²) in [7, 11) is 0. The fourth-order valence-corrected chi connectivity index (χ4v) is 3.78. The van der Waals surface area contributed by atoms with Gasteiger partial charge in [0.2, 0.25) is 16.9 Å². The molecule has 0 spiro atoms. The van der Waals surface area contributed by atoms with Gasteiger partial charge in [0, 0.05) is 24.8 Å². The van der Waals surface area contributed by atoms with E-state index >= 15 is 0 Å². The van der Waals surface area contributed by atoms with Gasteiger partial charge >= 0.3 is 0 Å². The van der Waals surface area contributed by atoms with Crippen LogP contribution in [0, 0.1) is 0 Å². The summed E-state index contributed by atoms with van der Waals surface area (Å²) in [4.78, 5) is 24.1. The molecule has 2 N–H and O–H groups in total. The molecule has 0 radical (unpaired) electrons. The minimum Gasteiger partial charge on any atom is -0.353 e. The second kappa shape index (κ2) is 8.71. The van der Waals surface area contributed by atoms with Gasteiger partial charge in [-0.3, -0.25) is 9.59 Å². The summed E-state index contributed by atoms with van der Waals surface area (Å²) in [6, 6.07) is 10.5. The maximum atomic E-state index is 12.3. The Morgan fingerprint density at radius 2 is 1.84 bits per heavy atom. The third-order valence-corrected chi connectivity index (χ3v) is 5.13. The highest BCUT2D eigenvalue weighted by atomic mass is 32.1. The minimum atomic E-state index is -0.213. The molecule has 0 bridgehead atoms. The highest BCUT2D eigenvalue weighted by Gasteiger charge is 2.27. The molecule has 2 aromatic rings. The molecule has 1 aromatic carbocycles. The van der Waals surface area contributed by atoms with Crippen molar-refractivity contribution in [1.29, 1.82) is 0 Å². The molecule has 1 saturated carbocycles. The molecule has 25 heavy (non-hydrogen) atoms. The van der Waals surface area contributed by atoms with E-state index in [9.17, 15) is 9.59 Å². The molecular formula is C18H22N4O2S. The number of hydrogen-bond acceptors (Lipinski definition) is 5. The first-order valence-electron chi connectivity index (χ1n) is 8.62. The van der Waals surface area contributed by atoms with E-state index in [0.717, 1.165) is 19.3 Å². The van der Waals surface area contributed by atoms with Crippen LogP contribution in [0.2, 0.25) is 0 Å². The Labute approximate surface area is 151 Å². The number of aromatic nitrogens is 2. The van der Waals surface area contributed by atoms with E-state index in [2.05, 4.69) is 33.0 Å². The van der Waals surface area contributed by atoms with Gasteiger partial charge in [-0.05, 0) is 18.4 Å². The Balaban J connectivity index is 1.49. The molecule has 0 saturated heterocycles. The third kappa shape index (κ3) is 5.09. The van der Waals surface area contributed by atoms with Crippen LogP contribution >= 0.6 is 11.3 Å². The number of carbonyl (C=O) groups is 2. The maximum absolute atomic E-state index is 12.3. The van der Waals surface area contributed by atoms with E-state index in [0.29, 0.717) is 11.0 Å². The Bertz CT molecular complexity index is 690. The molecule has 0 aliphatic heterocycles. The molecule has 1 aliphatic carbocycles. The van der Waals surface area contributed by atoms with Crippen molar-refractivity contribution < 1.29 is 9.59 Å². The Morgan fingerprint density at radius 3 is 2.60 bits per heavy atom. The molecule has 1 aliphatic rings. The van der Waals surface area contributed by atoms with E-state index in [1.807, 2.05) is 18.2 Å². The Morgan fingerprint density at radius 1 is 1.08 bits per heavy atom. The van der Waals surface area contributed by atoms with Crippen molar-refractivity contribution in [3.05, 3.63) is 41.4 Å². The number of nitrogens with one attached hydrogen (secondary N) is 2. The lowest BCUT2D eigenvalue weighted by molar-refractivity contribution is -0.125. The molecular weight excluding hydrogens is 336 g/mol. The van der Waals surface area contributed by atoms with Gasteiger partial charge in [0.05, 0.1) is 0 Å². The van der Waals surface area contributed by atoms with Crippen molar-refractivity contribution in [2.75, 3.05) is 5.32 Å². The zero-order chi connectivity index (χ0) is 17.5. The lowest BCUT2D eigenvalue weighted by Gasteiger charge is -2.32. The van der Waals surface area contributed by atoms with Gasteiger partial charge in [0.25, 0.3) is 0 Å². The lowest BCUT2D eigenvalue weighted by Crippen LogP contribution is -2.41. The summed E-state index contributed by atoms with van der Waals surface area (Å²) in [5.74, 6) is 0.0736. The fraction of sp³-hybridized carbons (Fsp3) is 0.444. The van der Waals surface area contributed by atoms with Crippen LogP contribution in [0.25, 0.3) is 0 Å². The van der Waals surface area contributed by atoms with E-state index in [1.165, 1.54) is 23.3 Å². The first kappa shape index (κ1) is 17.5. The molecule has 2 atom stereocenters. The molecule has 132 valence electrons. The van der Waals surface area contributed by atoms with Crippen molar-refractivity contribution in [2.24, 2.45) is 0 Å². The highest BCUT2D eigenvalue weighted by Crippen LogP contribution is 2.33. The largest absolute Gasteiger partial charge is 0.353 e. The zero-order valence-corrected chi connectivity index (χ0v) is 14.8. The predicted octanol–water partition coefficient (Wildman–Crippen LogP) is 3.10. The van der Waals surface area contributed by atoms with Gasteiger partial charge in [-0.15, -0.1) is 10.2 Å². The number of anilines is 1. The summed E-state index contributed by atoms with van der Waals surface area (Å²) in [6.07, 6.45) is 4.73. The average molecular weight is 358 g/mol. The van der Waals surface area contributed by atoms with E-state index < -0.39 is 0 Å². The Hall–Kier alpha value is -2.28. The summed E-state index contributed by atoms with van der Waals surface area (Å²) < 4.78 is 0. The third-order valence-electron chi connectivity index (χ3n) is 4.53. The normalized spacial score (nSPS) is 20.0. The van der Waals surface area contributed by atoms with Crippen LogP contribution in [0.4, 0.5) is 5.13 Å². The topological polar surface area (TPSA) is 84.0 Å². The number of hydrogen-bond donors (Lipinski definition) is 2. The van der Waals surface area contributed by atoms with Gasteiger partial charge in [0.1, 0.15) is 5.51 Å². The van der Waals surface area contributed by atoms with Crippen molar-refractivity contribution in [2.45, 2.75) is 50.5 Å². The van der Waals surface area contributed by atoms with Gasteiger partial charge < -0.3 is 10.6 Å². The van der Waals surface area contributed by atoms with E-state index in [4.69, 9.17) is 0 Å². The smallest absolute Gasteiger partial charge is 0.226 e. The van der Waals surface area contributed by atoms with Gasteiger partial charge in [-0.2, -0.15) is 0 Å². The SMILES string of the molecule is O=C(CCC(=O)N[C@@H]1CCCC[C@H]1c1ccccc1)Nc1nncs1. The number of carbonyl (C=O) groups excluding carboxylic acids is 2. The number of nitrogens with zero attached hydrogens (tertiary/aromatic N) is 2. The minimum absolute atomic E-state index is 0.0692. The quantitative estimate of drug-likeness (QED) is 0.831. The summed E-state index contributed by atoms with van der Waals surface area (Å²) in [6.45, 7) is 0. The maximum Gasteiger partial charge on any atom is 0.226 e. The predicted molar refractivity (Wildman–Crippen MR) is 97.4 cm³/mol. The van der Waals surface area contributed by atoms with Crippen LogP contribution < -0.4 is 10.6 Å². The highest BCUT2D eigenvalue weighted by molar-refractivity contribution is 7.13. The van der Waals surface area contributed by atoms with Crippen molar-refractivity contribution >= 4 is 28.3 Å². The number of amides is 2. The Kier molecular flexibility index (Phi) is 6.11. The molecule has 6 nitrogen and oxygen atoms in total. The van der Waals surface area contributed by atoms with Crippen LogP contribution in [0.15, 0.2) is 35.8 Å². The van der Waals surface area contributed by atoms with Crippen LogP contribution in [0.3, 0.4) is 0 Å². The molecule has 1 fully saturated rings. The van der Waals surface area contributed by atoms with Gasteiger partial charge in [-0.1, -0.05) is 54.5 Å². The van der Waals surface area contributed by atoms with Crippen molar-refractivity contribution in [3.63, 3.8) is 0 Å². The number of rotatable bonds is 6. The van der Waals surface area contributed by atoms with Crippen LogP contribution in [-0.2, 0) is 9.59 Å². The summed E-state index contributed by atoms with van der Waals surface area (Å²) >= 11 is 1.26. The first-order chi connectivity index (χ1) is 12.2. The van der Waals surface area contributed by atoms with Crippen molar-refractivity contribution in [3.8, 4) is 0 Å². The average Bonchev–Trinajstić information content (AvgIpc) is 3.14. The molecule has 2 amide bonds. The standard InChI is InChI=1S/C18H22N4O2S/c23-16(10-11-17(24)21-18-22-19-12-25-18)20-15-9-5-4-8-14(15)13-6-2-1-3-7-13/h1-3,6-7,12,14-15H,4-5,8-11H2,(H,20,23)(H,21,22,24)/t14-,15+/m0/s1. The van der Waals surface area contributed by atoms with Gasteiger partial charge in [-0.25, -0.2) is 0 Å². The number of benzene rings is 1. The van der Waals surface area contributed by atoms with E-state index in [-0.39, 0.29) is 30.7 Å². The second-order valence-electron chi connectivity index (χ2n) is 6.27. The lowest BCUT2D eigenvalue weighted by atomic mass is 9.80. The molecule has 0 unspecified atom stereocenters. The summed E-state index contributed by atoms with van der Waals surface area (Å²) in [5.41, 5.74) is 2.83. The molecule has 7 heteroatoms. The zero-order valence-electron chi connectivity index (χ0n) is 14.0. The molecule has 1 heterocycles. The fourth-order valence-electron chi connectivity index (χ4n) is 3.32. The van der Waals surface area contributed by atoms with Crippen molar-refractivity contribution in [1.82, 2.24) is 15.5 Å². The summed E-state index contributed by atoms with van der Waals surface area (Å²) in [5, 5.41) is 13.7. The first-order valence-corrected chi connectivity index (χ1v) is 9.50. The molecule has 3 rings (SSSR count). The van der Waals surface area contributed by atoms with Crippen LogP contribution in [-0.4, -0.2) is 28.1 Å². The van der Waals surface area contributed by atoms with Crippen LogP contribution in [0.5, 0.6) is 0 Å². The van der Waals surface area contributed by atoms with E-state index in [1.54, 1.807) is 5.51 Å². The van der Waals surface area contributed by atoms with Gasteiger partial charge in [0.15, 0.2) is 0 Å². The second-order valence-corrected chi connectivity index (χ2v) is 7.10.